The van der Waals surface area contributed by atoms with E-state index in [4.69, 9.17) is 15.2 Å². The number of imidazole rings is 1. The molecule has 0 radical (unpaired) electrons. The Kier molecular flexibility index (Phi) is 10.3. The van der Waals surface area contributed by atoms with Crippen molar-refractivity contribution in [1.82, 2.24) is 19.5 Å². The van der Waals surface area contributed by atoms with Crippen LogP contribution in [0.15, 0.2) is 18.5 Å². The first-order chi connectivity index (χ1) is 17.9. The number of ether oxygens (including phenoxy) is 2. The Labute approximate surface area is 232 Å². The van der Waals surface area contributed by atoms with E-state index in [0.29, 0.717) is 30.1 Å². The molecule has 1 aliphatic rings. The molecular weight excluding hydrogens is 613 g/mol. The number of aliphatic hydroxyl groups is 4. The van der Waals surface area contributed by atoms with E-state index in [9.17, 15) is 20.4 Å². The third-order valence-electron chi connectivity index (χ3n) is 6.56. The molecule has 3 aromatic rings. The number of aliphatic hydroxyl groups excluding tert-OH is 4. The Hall–Kier alpha value is -1.62. The fourth-order valence-electron chi connectivity index (χ4n) is 4.52. The molecule has 37 heavy (non-hydrogen) atoms. The molecule has 1 aliphatic heterocycles. The quantitative estimate of drug-likeness (QED) is 0.137. The van der Waals surface area contributed by atoms with E-state index in [0.717, 1.165) is 49.9 Å². The van der Waals surface area contributed by atoms with Crippen LogP contribution in [0, 0.1) is 2.88 Å². The van der Waals surface area contributed by atoms with Crippen LogP contribution in [0.25, 0.3) is 11.2 Å². The van der Waals surface area contributed by atoms with Crippen LogP contribution < -0.4 is 10.5 Å². The van der Waals surface area contributed by atoms with Crippen LogP contribution in [-0.4, -0.2) is 77.1 Å². The molecule has 6 N–H and O–H groups in total. The summed E-state index contributed by atoms with van der Waals surface area (Å²) in [4.78, 5) is 14.2. The highest BCUT2D eigenvalue weighted by molar-refractivity contribution is 14.1. The number of nitrogens with two attached hydrogens (primary N) is 1. The van der Waals surface area contributed by atoms with E-state index in [2.05, 4.69) is 37.5 Å². The van der Waals surface area contributed by atoms with Gasteiger partial charge in [-0.3, -0.25) is 0 Å². The number of aromatic nitrogens is 4. The summed E-state index contributed by atoms with van der Waals surface area (Å²) >= 11 is 3.95. The predicted octanol–water partition coefficient (Wildman–Crippen LogP) is 2.23. The highest BCUT2D eigenvalue weighted by Crippen LogP contribution is 2.26. The second-order valence-electron chi connectivity index (χ2n) is 9.27. The van der Waals surface area contributed by atoms with Crippen molar-refractivity contribution in [2.45, 2.75) is 88.6 Å². The van der Waals surface area contributed by atoms with Crippen LogP contribution in [0.2, 0.25) is 0 Å². The van der Waals surface area contributed by atoms with Crippen LogP contribution in [-0.2, 0) is 17.9 Å². The first-order valence-electron chi connectivity index (χ1n) is 12.5. The summed E-state index contributed by atoms with van der Waals surface area (Å²) in [6.07, 6.45) is 3.05. The molecule has 0 aliphatic carbocycles. The molecule has 0 aromatic carbocycles. The molecule has 204 valence electrons. The Balaban J connectivity index is 1.17. The SMILES string of the molecule is Nc1nc(OCc2ccc(I)s2)c2ncn(CCCCCCCC[C@@H]3O[C@H](CO)[C@@H](O)[C@H](O)[C@H]3O)c2n1. The van der Waals surface area contributed by atoms with E-state index in [1.165, 1.54) is 2.88 Å². The van der Waals surface area contributed by atoms with E-state index >= 15 is 0 Å². The van der Waals surface area contributed by atoms with Crippen molar-refractivity contribution >= 4 is 51.0 Å². The smallest absolute Gasteiger partial charge is 0.247 e. The molecular formula is C24H34IN5O6S. The maximum absolute atomic E-state index is 10.1. The summed E-state index contributed by atoms with van der Waals surface area (Å²) < 4.78 is 14.6. The molecule has 4 heterocycles. The lowest BCUT2D eigenvalue weighted by atomic mass is 9.92. The summed E-state index contributed by atoms with van der Waals surface area (Å²) in [5, 5.41) is 39.2. The van der Waals surface area contributed by atoms with Gasteiger partial charge in [-0.25, -0.2) is 4.98 Å². The van der Waals surface area contributed by atoms with Crippen LogP contribution in [0.4, 0.5) is 5.95 Å². The maximum atomic E-state index is 10.1. The first-order valence-corrected chi connectivity index (χ1v) is 14.4. The largest absolute Gasteiger partial charge is 0.470 e. The van der Waals surface area contributed by atoms with Crippen molar-refractivity contribution in [1.29, 1.82) is 0 Å². The van der Waals surface area contributed by atoms with Crippen LogP contribution in [0.3, 0.4) is 0 Å². The number of halogens is 1. The molecule has 0 bridgehead atoms. The van der Waals surface area contributed by atoms with Crippen molar-refractivity contribution in [2.75, 3.05) is 12.3 Å². The number of hydrogen-bond donors (Lipinski definition) is 5. The normalized spacial score (nSPS) is 24.1. The average molecular weight is 648 g/mol. The maximum Gasteiger partial charge on any atom is 0.247 e. The van der Waals surface area contributed by atoms with E-state index in [1.807, 2.05) is 16.7 Å². The molecule has 1 saturated heterocycles. The zero-order valence-corrected chi connectivity index (χ0v) is 23.4. The minimum absolute atomic E-state index is 0.157. The fraction of sp³-hybridized carbons (Fsp3) is 0.625. The van der Waals surface area contributed by atoms with Gasteiger partial charge >= 0.3 is 0 Å². The summed E-state index contributed by atoms with van der Waals surface area (Å²) in [6.45, 7) is 0.776. The van der Waals surface area contributed by atoms with Gasteiger partial charge in [0.05, 0.1) is 21.9 Å². The van der Waals surface area contributed by atoms with Gasteiger partial charge in [-0.1, -0.05) is 32.1 Å². The predicted molar refractivity (Wildman–Crippen MR) is 147 cm³/mol. The Morgan fingerprint density at radius 1 is 1.00 bits per heavy atom. The highest BCUT2D eigenvalue weighted by Gasteiger charge is 2.42. The number of unbranched alkanes of at least 4 members (excludes halogenated alkanes) is 5. The Bertz CT molecular complexity index is 1140. The number of rotatable bonds is 13. The minimum atomic E-state index is -1.30. The average Bonchev–Trinajstić information content (AvgIpc) is 3.49. The summed E-state index contributed by atoms with van der Waals surface area (Å²) in [6, 6.07) is 4.07. The number of thiophene rings is 1. The monoisotopic (exact) mass is 647 g/mol. The fourth-order valence-corrected chi connectivity index (χ4v) is 6.19. The van der Waals surface area contributed by atoms with Gasteiger partial charge in [-0.15, -0.1) is 11.3 Å². The topological polar surface area (TPSA) is 169 Å². The van der Waals surface area contributed by atoms with Crippen LogP contribution in [0.1, 0.15) is 49.8 Å². The Morgan fingerprint density at radius 3 is 2.46 bits per heavy atom. The number of anilines is 1. The van der Waals surface area contributed by atoms with E-state index in [1.54, 1.807) is 17.7 Å². The molecule has 0 spiro atoms. The van der Waals surface area contributed by atoms with E-state index in [-0.39, 0.29) is 5.95 Å². The molecule has 4 rings (SSSR count). The molecule has 0 saturated carbocycles. The molecule has 13 heteroatoms. The van der Waals surface area contributed by atoms with Gasteiger partial charge in [0.15, 0.2) is 11.2 Å². The van der Waals surface area contributed by atoms with Crippen LogP contribution in [0.5, 0.6) is 5.88 Å². The lowest BCUT2D eigenvalue weighted by molar-refractivity contribution is -0.230. The lowest BCUT2D eigenvalue weighted by Gasteiger charge is -2.40. The molecule has 11 nitrogen and oxygen atoms in total. The lowest BCUT2D eigenvalue weighted by Crippen LogP contribution is -2.58. The second kappa shape index (κ2) is 13.4. The Morgan fingerprint density at radius 2 is 1.73 bits per heavy atom. The van der Waals surface area contributed by atoms with E-state index < -0.39 is 37.1 Å². The molecule has 1 fully saturated rings. The molecule has 3 aromatic heterocycles. The number of aryl methyl sites for hydroxylation is 1. The van der Waals surface area contributed by atoms with Crippen LogP contribution >= 0.6 is 33.9 Å². The van der Waals surface area contributed by atoms with Gasteiger partial charge in [-0.05, 0) is 47.6 Å². The second-order valence-corrected chi connectivity index (χ2v) is 12.3. The summed E-state index contributed by atoms with van der Waals surface area (Å²) in [5.41, 5.74) is 7.21. The number of nitrogens with zero attached hydrogens (tertiary/aromatic N) is 4. The van der Waals surface area contributed by atoms with Gasteiger partial charge in [0.25, 0.3) is 0 Å². The van der Waals surface area contributed by atoms with Crippen molar-refractivity contribution in [2.24, 2.45) is 0 Å². The molecule has 0 amide bonds. The highest BCUT2D eigenvalue weighted by atomic mass is 127. The number of nitrogen functional groups attached to an aromatic ring is 1. The van der Waals surface area contributed by atoms with Crippen molar-refractivity contribution in [3.05, 3.63) is 26.2 Å². The van der Waals surface area contributed by atoms with Gasteiger partial charge in [0.2, 0.25) is 11.8 Å². The minimum Gasteiger partial charge on any atom is -0.470 e. The number of hydrogen-bond acceptors (Lipinski definition) is 11. The molecule has 5 atom stereocenters. The third-order valence-corrected chi connectivity index (χ3v) is 8.43. The standard InChI is InChI=1S/C24H34IN5O6S/c25-17-9-8-14(37-17)12-35-23-18-22(28-24(26)29-23)30(13-27-18)10-6-4-2-1-3-5-7-15-19(32)21(34)20(33)16(11-31)36-15/h8-9,13,15-16,19-21,31-34H,1-7,10-12H2,(H2,26,28,29)/t15-,16+,19-,20+,21+/m0/s1. The summed E-state index contributed by atoms with van der Waals surface area (Å²) in [7, 11) is 0. The zero-order chi connectivity index (χ0) is 26.4. The first kappa shape index (κ1) is 28.4. The van der Waals surface area contributed by atoms with Gasteiger partial charge in [0.1, 0.15) is 31.0 Å². The van der Waals surface area contributed by atoms with Crippen molar-refractivity contribution in [3.8, 4) is 5.88 Å². The number of fused-ring (bicyclic) bond motifs is 1. The molecule has 0 unspecified atom stereocenters. The van der Waals surface area contributed by atoms with Gasteiger partial charge in [-0.2, -0.15) is 9.97 Å². The van der Waals surface area contributed by atoms with Crippen molar-refractivity contribution < 1.29 is 29.9 Å². The van der Waals surface area contributed by atoms with Crippen molar-refractivity contribution in [3.63, 3.8) is 0 Å². The third kappa shape index (κ3) is 7.28. The summed E-state index contributed by atoms with van der Waals surface area (Å²) in [5.74, 6) is 0.550. The zero-order valence-electron chi connectivity index (χ0n) is 20.4. The van der Waals surface area contributed by atoms with Gasteiger partial charge < -0.3 is 40.2 Å². The van der Waals surface area contributed by atoms with Gasteiger partial charge in [0, 0.05) is 11.4 Å².